The van der Waals surface area contributed by atoms with Gasteiger partial charge in [0.05, 0.1) is 5.52 Å². The number of amides is 2. The van der Waals surface area contributed by atoms with Crippen LogP contribution in [-0.2, 0) is 16.1 Å². The quantitative estimate of drug-likeness (QED) is 0.541. The van der Waals surface area contributed by atoms with Crippen molar-refractivity contribution in [1.29, 1.82) is 0 Å². The molecule has 0 spiro atoms. The van der Waals surface area contributed by atoms with Crippen molar-refractivity contribution >= 4 is 28.6 Å². The van der Waals surface area contributed by atoms with E-state index in [2.05, 4.69) is 32.8 Å². The second kappa shape index (κ2) is 10.1. The van der Waals surface area contributed by atoms with E-state index in [0.717, 1.165) is 26.2 Å². The molecule has 2 N–H and O–H groups in total. The number of piperazine rings is 1. The van der Waals surface area contributed by atoms with E-state index in [1.165, 1.54) is 10.3 Å². The van der Waals surface area contributed by atoms with Crippen LogP contribution >= 0.6 is 0 Å². The third kappa shape index (κ3) is 5.36. The number of nitrogens with one attached hydrogen (secondary N) is 2. The van der Waals surface area contributed by atoms with Crippen LogP contribution in [0.25, 0.3) is 11.1 Å². The van der Waals surface area contributed by atoms with Crippen LogP contribution in [0.15, 0.2) is 63.8 Å². The lowest BCUT2D eigenvalue weighted by Crippen LogP contribution is -2.48. The molecule has 0 unspecified atom stereocenters. The van der Waals surface area contributed by atoms with Gasteiger partial charge in [0.2, 0.25) is 11.8 Å². The summed E-state index contributed by atoms with van der Waals surface area (Å²) in [5.74, 6) is -1.11. The van der Waals surface area contributed by atoms with Gasteiger partial charge in [-0.3, -0.25) is 29.9 Å². The Bertz CT molecular complexity index is 1120. The van der Waals surface area contributed by atoms with Gasteiger partial charge in [-0.25, -0.2) is 4.79 Å². The first kappa shape index (κ1) is 21.6. The minimum Gasteiger partial charge on any atom is -0.408 e. The first-order valence-corrected chi connectivity index (χ1v) is 10.8. The Kier molecular flexibility index (Phi) is 6.86. The van der Waals surface area contributed by atoms with Crippen LogP contribution in [0.2, 0.25) is 0 Å². The number of aromatic nitrogens is 1. The number of anilines is 1. The van der Waals surface area contributed by atoms with E-state index in [1.54, 1.807) is 24.3 Å². The van der Waals surface area contributed by atoms with Crippen molar-refractivity contribution in [2.45, 2.75) is 19.4 Å². The maximum absolute atomic E-state index is 12.1. The Hall–Kier alpha value is -3.59. The number of hydrazine groups is 1. The number of hydrogen-bond donors (Lipinski definition) is 2. The molecule has 2 heterocycles. The second-order valence-corrected chi connectivity index (χ2v) is 7.75. The molecule has 1 saturated heterocycles. The average Bonchev–Trinajstić information content (AvgIpc) is 3.15. The number of benzene rings is 2. The summed E-state index contributed by atoms with van der Waals surface area (Å²) >= 11 is 0. The summed E-state index contributed by atoms with van der Waals surface area (Å²) in [4.78, 5) is 40.7. The van der Waals surface area contributed by atoms with Crippen molar-refractivity contribution in [1.82, 2.24) is 20.3 Å². The van der Waals surface area contributed by atoms with Crippen molar-refractivity contribution in [3.63, 3.8) is 0 Å². The Morgan fingerprint density at radius 3 is 2.16 bits per heavy atom. The first-order chi connectivity index (χ1) is 15.6. The lowest BCUT2D eigenvalue weighted by atomic mass is 10.2. The molecule has 0 bridgehead atoms. The molecule has 168 valence electrons. The fraction of sp³-hybridized carbons (Fsp3) is 0.348. The van der Waals surface area contributed by atoms with Crippen molar-refractivity contribution < 1.29 is 14.0 Å². The zero-order valence-corrected chi connectivity index (χ0v) is 17.8. The summed E-state index contributed by atoms with van der Waals surface area (Å²) < 4.78 is 6.56. The molecule has 4 rings (SSSR count). The molecule has 0 radical (unpaired) electrons. The van der Waals surface area contributed by atoms with E-state index in [4.69, 9.17) is 4.42 Å². The number of oxazole rings is 1. The lowest BCUT2D eigenvalue weighted by Gasteiger charge is -2.36. The zero-order chi connectivity index (χ0) is 22.3. The SMILES string of the molecule is O=C(CCN1CCN(c2ccccc2)CC1)NNC(=O)CCn1c(=O)oc2ccccc21. The standard InChI is InChI=1S/C23H27N5O4/c29-21(10-12-26-14-16-27(17-15-26)18-6-2-1-3-7-18)24-25-22(30)11-13-28-19-8-4-5-9-20(19)32-23(28)31/h1-9H,10-17H2,(H,24,29)(H,25,30). The molecule has 9 nitrogen and oxygen atoms in total. The predicted octanol–water partition coefficient (Wildman–Crippen LogP) is 1.34. The molecule has 32 heavy (non-hydrogen) atoms. The minimum atomic E-state index is -0.504. The van der Waals surface area contributed by atoms with Gasteiger partial charge in [-0.15, -0.1) is 0 Å². The lowest BCUT2D eigenvalue weighted by molar-refractivity contribution is -0.129. The van der Waals surface area contributed by atoms with Crippen LogP contribution in [0.1, 0.15) is 12.8 Å². The Labute approximate surface area is 185 Å². The monoisotopic (exact) mass is 437 g/mol. The summed E-state index contributed by atoms with van der Waals surface area (Å²) in [5, 5.41) is 0. The largest absolute Gasteiger partial charge is 0.419 e. The maximum atomic E-state index is 12.1. The summed E-state index contributed by atoms with van der Waals surface area (Å²) in [7, 11) is 0. The Morgan fingerprint density at radius 1 is 0.812 bits per heavy atom. The van der Waals surface area contributed by atoms with Gasteiger partial charge in [0.15, 0.2) is 5.58 Å². The molecule has 2 aromatic carbocycles. The molecule has 1 fully saturated rings. The molecule has 0 atom stereocenters. The topological polar surface area (TPSA) is 99.8 Å². The normalized spacial score (nSPS) is 14.4. The number of carbonyl (C=O) groups is 2. The molecule has 2 amide bonds. The van der Waals surface area contributed by atoms with Crippen LogP contribution in [0.4, 0.5) is 5.69 Å². The van der Waals surface area contributed by atoms with E-state index >= 15 is 0 Å². The molecular weight excluding hydrogens is 410 g/mol. The van der Waals surface area contributed by atoms with Crippen molar-refractivity contribution in [3.8, 4) is 0 Å². The fourth-order valence-electron chi connectivity index (χ4n) is 3.83. The van der Waals surface area contributed by atoms with E-state index in [9.17, 15) is 14.4 Å². The molecular formula is C23H27N5O4. The van der Waals surface area contributed by atoms with Crippen LogP contribution < -0.4 is 21.5 Å². The number of para-hydroxylation sites is 3. The number of nitrogens with zero attached hydrogens (tertiary/aromatic N) is 3. The fourth-order valence-corrected chi connectivity index (χ4v) is 3.83. The molecule has 1 aromatic heterocycles. The van der Waals surface area contributed by atoms with Gasteiger partial charge in [0.25, 0.3) is 0 Å². The summed E-state index contributed by atoms with van der Waals surface area (Å²) in [6.07, 6.45) is 0.350. The highest BCUT2D eigenvalue weighted by Crippen LogP contribution is 2.15. The van der Waals surface area contributed by atoms with E-state index in [-0.39, 0.29) is 24.8 Å². The highest BCUT2D eigenvalue weighted by molar-refractivity contribution is 5.82. The van der Waals surface area contributed by atoms with Gasteiger partial charge in [-0.1, -0.05) is 30.3 Å². The van der Waals surface area contributed by atoms with Crippen molar-refractivity contribution in [3.05, 3.63) is 65.1 Å². The molecule has 0 saturated carbocycles. The number of fused-ring (bicyclic) bond motifs is 1. The Balaban J connectivity index is 1.14. The summed E-state index contributed by atoms with van der Waals surface area (Å²) in [6.45, 7) is 4.43. The van der Waals surface area contributed by atoms with E-state index < -0.39 is 5.76 Å². The van der Waals surface area contributed by atoms with Gasteiger partial charge in [0.1, 0.15) is 0 Å². The number of rotatable bonds is 7. The predicted molar refractivity (Wildman–Crippen MR) is 121 cm³/mol. The third-order valence-corrected chi connectivity index (χ3v) is 5.63. The van der Waals surface area contributed by atoms with Crippen LogP contribution in [-0.4, -0.2) is 54.0 Å². The number of hydrogen-bond acceptors (Lipinski definition) is 6. The highest BCUT2D eigenvalue weighted by Gasteiger charge is 2.18. The minimum absolute atomic E-state index is 0.0468. The van der Waals surface area contributed by atoms with E-state index in [0.29, 0.717) is 24.1 Å². The second-order valence-electron chi connectivity index (χ2n) is 7.75. The summed E-state index contributed by atoms with van der Waals surface area (Å²) in [6, 6.07) is 17.3. The van der Waals surface area contributed by atoms with Gasteiger partial charge in [-0.2, -0.15) is 0 Å². The van der Waals surface area contributed by atoms with Crippen molar-refractivity contribution in [2.75, 3.05) is 37.6 Å². The van der Waals surface area contributed by atoms with Crippen molar-refractivity contribution in [2.24, 2.45) is 0 Å². The van der Waals surface area contributed by atoms with Gasteiger partial charge >= 0.3 is 5.76 Å². The zero-order valence-electron chi connectivity index (χ0n) is 17.8. The molecule has 1 aliphatic heterocycles. The highest BCUT2D eigenvalue weighted by atomic mass is 16.4. The van der Waals surface area contributed by atoms with Crippen LogP contribution in [0.5, 0.6) is 0 Å². The van der Waals surface area contributed by atoms with Crippen LogP contribution in [0, 0.1) is 0 Å². The number of carbonyl (C=O) groups excluding carboxylic acids is 2. The van der Waals surface area contributed by atoms with Gasteiger partial charge in [0, 0.05) is 57.8 Å². The molecule has 0 aliphatic carbocycles. The third-order valence-electron chi connectivity index (χ3n) is 5.63. The smallest absolute Gasteiger partial charge is 0.408 e. The summed E-state index contributed by atoms with van der Waals surface area (Å²) in [5.41, 5.74) is 7.21. The van der Waals surface area contributed by atoms with Crippen LogP contribution in [0.3, 0.4) is 0 Å². The first-order valence-electron chi connectivity index (χ1n) is 10.8. The Morgan fingerprint density at radius 2 is 1.44 bits per heavy atom. The molecule has 3 aromatic rings. The average molecular weight is 438 g/mol. The molecule has 9 heteroatoms. The van der Waals surface area contributed by atoms with Gasteiger partial charge in [-0.05, 0) is 24.3 Å². The van der Waals surface area contributed by atoms with Gasteiger partial charge < -0.3 is 9.32 Å². The molecule has 1 aliphatic rings. The maximum Gasteiger partial charge on any atom is 0.419 e. The van der Waals surface area contributed by atoms with E-state index in [1.807, 2.05) is 18.2 Å². The number of aryl methyl sites for hydroxylation is 1.